The van der Waals surface area contributed by atoms with Gasteiger partial charge in [0.1, 0.15) is 0 Å². The number of hydrogen-bond acceptors (Lipinski definition) is 6. The molecule has 1 aromatic heterocycles. The highest BCUT2D eigenvalue weighted by Crippen LogP contribution is 2.16. The molecule has 7 nitrogen and oxygen atoms in total. The summed E-state index contributed by atoms with van der Waals surface area (Å²) >= 11 is 0. The molecule has 0 aliphatic carbocycles. The molecule has 1 heterocycles. The zero-order valence-corrected chi connectivity index (χ0v) is 14.8. The number of halogens is 2. The summed E-state index contributed by atoms with van der Waals surface area (Å²) in [6.07, 6.45) is 1.33. The first-order valence-corrected chi connectivity index (χ1v) is 9.49. The summed E-state index contributed by atoms with van der Waals surface area (Å²) in [5.41, 5.74) is 0.620. The molecule has 0 fully saturated rings. The minimum atomic E-state index is -3.28. The maximum atomic E-state index is 13.2. The first kappa shape index (κ1) is 18.6. The van der Waals surface area contributed by atoms with Gasteiger partial charge < -0.3 is 4.42 Å². The second-order valence-corrected chi connectivity index (χ2v) is 7.69. The van der Waals surface area contributed by atoms with Crippen molar-refractivity contribution in [3.63, 3.8) is 0 Å². The largest absolute Gasteiger partial charge is 0.407 e. The van der Waals surface area contributed by atoms with Gasteiger partial charge in [0.05, 0.1) is 11.3 Å². The molecule has 1 N–H and O–H groups in total. The molecule has 3 aromatic rings. The average molecular weight is 393 g/mol. The molecule has 0 atom stereocenters. The molecule has 10 heteroatoms. The second kappa shape index (κ2) is 7.23. The quantitative estimate of drug-likeness (QED) is 0.715. The minimum absolute atomic E-state index is 0.106. The van der Waals surface area contributed by atoms with Crippen LogP contribution in [0.5, 0.6) is 0 Å². The lowest BCUT2D eigenvalue weighted by molar-refractivity contribution is 0.102. The van der Waals surface area contributed by atoms with E-state index in [2.05, 4.69) is 15.5 Å². The number of amides is 1. The molecule has 1 amide bonds. The predicted molar refractivity (Wildman–Crippen MR) is 91.0 cm³/mol. The standard InChI is InChI=1S/C17H13F2N3O4S/c1-27(24,25)12-5-2-10(3-6-12)8-15-21-22-17(26-15)20-16(23)11-4-7-13(18)14(19)9-11/h2-7,9H,8H2,1H3,(H,20,22,23). The van der Waals surface area contributed by atoms with Gasteiger partial charge in [-0.3, -0.25) is 10.1 Å². The molecule has 0 radical (unpaired) electrons. The Morgan fingerprint density at radius 2 is 1.78 bits per heavy atom. The molecule has 140 valence electrons. The number of aromatic nitrogens is 2. The van der Waals surface area contributed by atoms with Gasteiger partial charge in [-0.2, -0.15) is 0 Å². The zero-order chi connectivity index (χ0) is 19.6. The van der Waals surface area contributed by atoms with Gasteiger partial charge >= 0.3 is 6.01 Å². The van der Waals surface area contributed by atoms with Crippen molar-refractivity contribution in [2.45, 2.75) is 11.3 Å². The minimum Gasteiger partial charge on any atom is -0.407 e. The Balaban J connectivity index is 1.67. The van der Waals surface area contributed by atoms with Crippen molar-refractivity contribution in [3.05, 3.63) is 71.1 Å². The van der Waals surface area contributed by atoms with Gasteiger partial charge in [0.15, 0.2) is 21.5 Å². The normalized spacial score (nSPS) is 11.4. The van der Waals surface area contributed by atoms with Crippen LogP contribution in [-0.4, -0.2) is 30.8 Å². The third kappa shape index (κ3) is 4.53. The van der Waals surface area contributed by atoms with E-state index in [1.165, 1.54) is 12.1 Å². The molecular weight excluding hydrogens is 380 g/mol. The van der Waals surface area contributed by atoms with Crippen molar-refractivity contribution in [2.24, 2.45) is 0 Å². The van der Waals surface area contributed by atoms with Crippen LogP contribution in [0.4, 0.5) is 14.8 Å². The molecule has 0 saturated carbocycles. The monoisotopic (exact) mass is 393 g/mol. The number of hydrogen-bond donors (Lipinski definition) is 1. The number of anilines is 1. The van der Waals surface area contributed by atoms with Gasteiger partial charge in [0.2, 0.25) is 5.89 Å². The Kier molecular flexibility index (Phi) is 5.00. The number of nitrogens with one attached hydrogen (secondary N) is 1. The molecule has 0 saturated heterocycles. The molecular formula is C17H13F2N3O4S. The Morgan fingerprint density at radius 3 is 2.41 bits per heavy atom. The zero-order valence-electron chi connectivity index (χ0n) is 13.9. The van der Waals surface area contributed by atoms with E-state index in [-0.39, 0.29) is 28.8 Å². The van der Waals surface area contributed by atoms with E-state index in [0.29, 0.717) is 0 Å². The van der Waals surface area contributed by atoms with Crippen LogP contribution < -0.4 is 5.32 Å². The highest BCUT2D eigenvalue weighted by Gasteiger charge is 2.14. The fourth-order valence-electron chi connectivity index (χ4n) is 2.21. The Morgan fingerprint density at radius 1 is 1.07 bits per heavy atom. The fraction of sp³-hybridized carbons (Fsp3) is 0.118. The molecule has 0 unspecified atom stereocenters. The van der Waals surface area contributed by atoms with Crippen LogP contribution in [0.2, 0.25) is 0 Å². The van der Waals surface area contributed by atoms with Crippen molar-refractivity contribution in [2.75, 3.05) is 11.6 Å². The van der Waals surface area contributed by atoms with Crippen LogP contribution in [0.1, 0.15) is 21.8 Å². The summed E-state index contributed by atoms with van der Waals surface area (Å²) in [7, 11) is -3.28. The van der Waals surface area contributed by atoms with Crippen molar-refractivity contribution in [3.8, 4) is 0 Å². The topological polar surface area (TPSA) is 102 Å². The summed E-state index contributed by atoms with van der Waals surface area (Å²) in [6.45, 7) is 0. The molecule has 0 bridgehead atoms. The number of sulfone groups is 1. The van der Waals surface area contributed by atoms with Crippen LogP contribution in [0.3, 0.4) is 0 Å². The smallest absolute Gasteiger partial charge is 0.322 e. The third-order valence-corrected chi connectivity index (χ3v) is 4.70. The highest BCUT2D eigenvalue weighted by molar-refractivity contribution is 7.90. The first-order chi connectivity index (χ1) is 12.7. The van der Waals surface area contributed by atoms with Crippen molar-refractivity contribution in [1.82, 2.24) is 10.2 Å². The summed E-state index contributed by atoms with van der Waals surface area (Å²) in [6, 6.07) is 8.66. The van der Waals surface area contributed by atoms with E-state index in [1.54, 1.807) is 12.1 Å². The second-order valence-electron chi connectivity index (χ2n) is 5.68. The van der Waals surface area contributed by atoms with Gasteiger partial charge in [0, 0.05) is 11.8 Å². The lowest BCUT2D eigenvalue weighted by atomic mass is 10.1. The van der Waals surface area contributed by atoms with Crippen LogP contribution in [-0.2, 0) is 16.3 Å². The van der Waals surface area contributed by atoms with E-state index in [9.17, 15) is 22.0 Å². The highest BCUT2D eigenvalue weighted by atomic mass is 32.2. The van der Waals surface area contributed by atoms with E-state index in [1.807, 2.05) is 0 Å². The Bertz CT molecular complexity index is 1100. The first-order valence-electron chi connectivity index (χ1n) is 7.60. The number of benzene rings is 2. The van der Waals surface area contributed by atoms with Crippen LogP contribution in [0.15, 0.2) is 51.8 Å². The number of rotatable bonds is 5. The number of carbonyl (C=O) groups is 1. The van der Waals surface area contributed by atoms with Gasteiger partial charge in [0.25, 0.3) is 5.91 Å². The van der Waals surface area contributed by atoms with Crippen LogP contribution in [0, 0.1) is 11.6 Å². The lowest BCUT2D eigenvalue weighted by Crippen LogP contribution is -2.12. The lowest BCUT2D eigenvalue weighted by Gasteiger charge is -2.01. The summed E-state index contributed by atoms with van der Waals surface area (Å²) < 4.78 is 54.3. The maximum absolute atomic E-state index is 13.2. The Labute approximate surface area is 153 Å². The summed E-state index contributed by atoms with van der Waals surface area (Å²) in [4.78, 5) is 12.2. The van der Waals surface area contributed by atoms with E-state index in [0.717, 1.165) is 30.0 Å². The van der Waals surface area contributed by atoms with Gasteiger partial charge in [-0.1, -0.05) is 17.2 Å². The Hall–Kier alpha value is -3.14. The van der Waals surface area contributed by atoms with Gasteiger partial charge in [-0.25, -0.2) is 17.2 Å². The van der Waals surface area contributed by atoms with E-state index in [4.69, 9.17) is 4.42 Å². The SMILES string of the molecule is CS(=O)(=O)c1ccc(Cc2nnc(NC(=O)c3ccc(F)c(F)c3)o2)cc1. The number of nitrogens with zero attached hydrogens (tertiary/aromatic N) is 2. The molecule has 0 aliphatic heterocycles. The van der Waals surface area contributed by atoms with Gasteiger partial charge in [-0.05, 0) is 35.9 Å². The average Bonchev–Trinajstić information content (AvgIpc) is 3.04. The molecule has 3 rings (SSSR count). The van der Waals surface area contributed by atoms with Crippen LogP contribution >= 0.6 is 0 Å². The fourth-order valence-corrected chi connectivity index (χ4v) is 2.84. The number of carbonyl (C=O) groups excluding carboxylic acids is 1. The molecule has 2 aromatic carbocycles. The predicted octanol–water partition coefficient (Wildman–Crippen LogP) is 2.59. The molecule has 27 heavy (non-hydrogen) atoms. The maximum Gasteiger partial charge on any atom is 0.322 e. The van der Waals surface area contributed by atoms with Crippen molar-refractivity contribution < 1.29 is 26.4 Å². The third-order valence-electron chi connectivity index (χ3n) is 3.58. The van der Waals surface area contributed by atoms with E-state index < -0.39 is 27.4 Å². The van der Waals surface area contributed by atoms with Crippen molar-refractivity contribution >= 4 is 21.8 Å². The van der Waals surface area contributed by atoms with E-state index >= 15 is 0 Å². The summed E-state index contributed by atoms with van der Waals surface area (Å²) in [5.74, 6) is -2.76. The van der Waals surface area contributed by atoms with Gasteiger partial charge in [-0.15, -0.1) is 5.10 Å². The van der Waals surface area contributed by atoms with Crippen LogP contribution in [0.25, 0.3) is 0 Å². The van der Waals surface area contributed by atoms with Crippen molar-refractivity contribution in [1.29, 1.82) is 0 Å². The molecule has 0 aliphatic rings. The summed E-state index contributed by atoms with van der Waals surface area (Å²) in [5, 5.41) is 9.73. The molecule has 0 spiro atoms.